The van der Waals surface area contributed by atoms with Gasteiger partial charge in [0.05, 0.1) is 0 Å². The standard InChI is InChI=1S/C9H9FN2/c10-8-4-1-3-7(8)9-11-5-2-6-12-9/h2,5-6H,1,3-4H2. The Morgan fingerprint density at radius 3 is 2.50 bits per heavy atom. The maximum atomic E-state index is 13.1. The van der Waals surface area contributed by atoms with E-state index in [1.807, 2.05) is 0 Å². The van der Waals surface area contributed by atoms with Crippen LogP contribution >= 0.6 is 0 Å². The third-order valence-electron chi connectivity index (χ3n) is 1.99. The van der Waals surface area contributed by atoms with Gasteiger partial charge < -0.3 is 0 Å². The summed E-state index contributed by atoms with van der Waals surface area (Å²) in [5.74, 6) is 0.508. The van der Waals surface area contributed by atoms with Crippen molar-refractivity contribution in [1.29, 1.82) is 0 Å². The quantitative estimate of drug-likeness (QED) is 0.636. The normalized spacial score (nSPS) is 17.1. The molecule has 0 bridgehead atoms. The average molecular weight is 164 g/mol. The molecule has 1 heterocycles. The lowest BCUT2D eigenvalue weighted by Gasteiger charge is -1.97. The van der Waals surface area contributed by atoms with Gasteiger partial charge >= 0.3 is 0 Å². The first-order valence-corrected chi connectivity index (χ1v) is 4.03. The topological polar surface area (TPSA) is 25.8 Å². The van der Waals surface area contributed by atoms with Gasteiger partial charge in [0.25, 0.3) is 0 Å². The van der Waals surface area contributed by atoms with E-state index in [1.165, 1.54) is 0 Å². The van der Waals surface area contributed by atoms with E-state index >= 15 is 0 Å². The van der Waals surface area contributed by atoms with E-state index < -0.39 is 0 Å². The summed E-state index contributed by atoms with van der Waals surface area (Å²) in [6, 6.07) is 1.73. The van der Waals surface area contributed by atoms with Gasteiger partial charge in [-0.3, -0.25) is 0 Å². The molecule has 0 amide bonds. The highest BCUT2D eigenvalue weighted by atomic mass is 19.1. The number of halogens is 1. The Morgan fingerprint density at radius 1 is 1.17 bits per heavy atom. The Kier molecular flexibility index (Phi) is 1.86. The molecule has 0 unspecified atom stereocenters. The Morgan fingerprint density at radius 2 is 1.92 bits per heavy atom. The van der Waals surface area contributed by atoms with Gasteiger partial charge in [0.2, 0.25) is 0 Å². The van der Waals surface area contributed by atoms with Crippen molar-refractivity contribution in [3.8, 4) is 0 Å². The van der Waals surface area contributed by atoms with Crippen LogP contribution in [-0.2, 0) is 0 Å². The summed E-state index contributed by atoms with van der Waals surface area (Å²) >= 11 is 0. The summed E-state index contributed by atoms with van der Waals surface area (Å²) in [4.78, 5) is 8.00. The summed E-state index contributed by atoms with van der Waals surface area (Å²) in [5, 5.41) is 0. The second kappa shape index (κ2) is 3.01. The largest absolute Gasteiger partial charge is 0.237 e. The summed E-state index contributed by atoms with van der Waals surface area (Å²) in [6.07, 6.45) is 5.49. The van der Waals surface area contributed by atoms with Gasteiger partial charge in [-0.1, -0.05) is 0 Å². The number of allylic oxidation sites excluding steroid dienone is 2. The van der Waals surface area contributed by atoms with Crippen LogP contribution < -0.4 is 0 Å². The molecule has 0 saturated heterocycles. The minimum Gasteiger partial charge on any atom is -0.237 e. The van der Waals surface area contributed by atoms with Crippen LogP contribution in [0.5, 0.6) is 0 Å². The zero-order chi connectivity index (χ0) is 8.39. The molecule has 0 fully saturated rings. The SMILES string of the molecule is FC1=C(c2ncccn2)CCC1. The molecular formula is C9H9FN2. The summed E-state index contributed by atoms with van der Waals surface area (Å²) in [7, 11) is 0. The van der Waals surface area contributed by atoms with Crippen molar-refractivity contribution in [2.45, 2.75) is 19.3 Å². The van der Waals surface area contributed by atoms with E-state index in [0.29, 0.717) is 17.8 Å². The van der Waals surface area contributed by atoms with Gasteiger partial charge in [0.15, 0.2) is 5.82 Å². The summed E-state index contributed by atoms with van der Waals surface area (Å²) < 4.78 is 13.1. The molecule has 62 valence electrons. The van der Waals surface area contributed by atoms with Crippen LogP contribution in [0, 0.1) is 0 Å². The van der Waals surface area contributed by atoms with E-state index in [4.69, 9.17) is 0 Å². The maximum absolute atomic E-state index is 13.1. The highest BCUT2D eigenvalue weighted by molar-refractivity contribution is 5.63. The first-order valence-electron chi connectivity index (χ1n) is 4.03. The first kappa shape index (κ1) is 7.40. The van der Waals surface area contributed by atoms with Crippen molar-refractivity contribution in [3.05, 3.63) is 30.1 Å². The Hall–Kier alpha value is -1.25. The highest BCUT2D eigenvalue weighted by Crippen LogP contribution is 2.32. The van der Waals surface area contributed by atoms with E-state index in [0.717, 1.165) is 12.8 Å². The lowest BCUT2D eigenvalue weighted by molar-refractivity contribution is 0.606. The fourth-order valence-corrected chi connectivity index (χ4v) is 1.39. The molecule has 1 aliphatic rings. The van der Waals surface area contributed by atoms with Crippen LogP contribution in [-0.4, -0.2) is 9.97 Å². The second-order valence-electron chi connectivity index (χ2n) is 2.81. The number of hydrogen-bond donors (Lipinski definition) is 0. The van der Waals surface area contributed by atoms with Gasteiger partial charge in [-0.05, 0) is 25.3 Å². The van der Waals surface area contributed by atoms with Crippen molar-refractivity contribution in [2.24, 2.45) is 0 Å². The molecule has 12 heavy (non-hydrogen) atoms. The number of rotatable bonds is 1. The lowest BCUT2D eigenvalue weighted by Crippen LogP contribution is -1.90. The summed E-state index contributed by atoms with van der Waals surface area (Å²) in [5.41, 5.74) is 0.690. The molecule has 0 spiro atoms. The van der Waals surface area contributed by atoms with Crippen LogP contribution in [0.3, 0.4) is 0 Å². The van der Waals surface area contributed by atoms with Crippen LogP contribution in [0.1, 0.15) is 25.1 Å². The van der Waals surface area contributed by atoms with Crippen LogP contribution in [0.2, 0.25) is 0 Å². The van der Waals surface area contributed by atoms with Gasteiger partial charge in [0.1, 0.15) is 5.83 Å². The smallest absolute Gasteiger partial charge is 0.157 e. The minimum atomic E-state index is -0.0406. The zero-order valence-electron chi connectivity index (χ0n) is 6.63. The number of nitrogens with zero attached hydrogens (tertiary/aromatic N) is 2. The van der Waals surface area contributed by atoms with Gasteiger partial charge in [-0.15, -0.1) is 0 Å². The van der Waals surface area contributed by atoms with E-state index in [-0.39, 0.29) is 5.83 Å². The van der Waals surface area contributed by atoms with Crippen molar-refractivity contribution < 1.29 is 4.39 Å². The molecule has 3 heteroatoms. The third kappa shape index (κ3) is 1.22. The zero-order valence-corrected chi connectivity index (χ0v) is 6.63. The van der Waals surface area contributed by atoms with Crippen molar-refractivity contribution in [3.63, 3.8) is 0 Å². The molecule has 1 aromatic heterocycles. The number of aromatic nitrogens is 2. The van der Waals surface area contributed by atoms with Gasteiger partial charge in [-0.25, -0.2) is 14.4 Å². The third-order valence-corrected chi connectivity index (χ3v) is 1.99. The minimum absolute atomic E-state index is 0.0406. The molecule has 0 aliphatic heterocycles. The molecule has 0 aromatic carbocycles. The molecule has 2 nitrogen and oxygen atoms in total. The summed E-state index contributed by atoms with van der Waals surface area (Å²) in [6.45, 7) is 0. The van der Waals surface area contributed by atoms with Crippen LogP contribution in [0.4, 0.5) is 4.39 Å². The molecule has 0 radical (unpaired) electrons. The van der Waals surface area contributed by atoms with Gasteiger partial charge in [0, 0.05) is 18.0 Å². The molecular weight excluding hydrogens is 155 g/mol. The van der Waals surface area contributed by atoms with Gasteiger partial charge in [-0.2, -0.15) is 0 Å². The molecule has 2 rings (SSSR count). The fraction of sp³-hybridized carbons (Fsp3) is 0.333. The Balaban J connectivity index is 2.37. The average Bonchev–Trinajstić information content (AvgIpc) is 2.53. The number of hydrogen-bond acceptors (Lipinski definition) is 2. The molecule has 0 atom stereocenters. The lowest BCUT2D eigenvalue weighted by atomic mass is 10.2. The van der Waals surface area contributed by atoms with Crippen molar-refractivity contribution in [2.75, 3.05) is 0 Å². The first-order chi connectivity index (χ1) is 5.88. The monoisotopic (exact) mass is 164 g/mol. The van der Waals surface area contributed by atoms with Crippen LogP contribution in [0.25, 0.3) is 5.57 Å². The van der Waals surface area contributed by atoms with Crippen molar-refractivity contribution in [1.82, 2.24) is 9.97 Å². The molecule has 0 saturated carbocycles. The molecule has 1 aromatic rings. The molecule has 0 N–H and O–H groups in total. The van der Waals surface area contributed by atoms with E-state index in [1.54, 1.807) is 18.5 Å². The predicted octanol–water partition coefficient (Wildman–Crippen LogP) is 2.34. The Labute approximate surface area is 70.2 Å². The Bertz CT molecular complexity index is 306. The molecule has 1 aliphatic carbocycles. The maximum Gasteiger partial charge on any atom is 0.157 e. The van der Waals surface area contributed by atoms with Crippen LogP contribution in [0.15, 0.2) is 24.3 Å². The predicted molar refractivity (Wildman–Crippen MR) is 43.9 cm³/mol. The van der Waals surface area contributed by atoms with E-state index in [9.17, 15) is 4.39 Å². The highest BCUT2D eigenvalue weighted by Gasteiger charge is 2.17. The fourth-order valence-electron chi connectivity index (χ4n) is 1.39. The van der Waals surface area contributed by atoms with Crippen molar-refractivity contribution >= 4 is 5.57 Å². The second-order valence-corrected chi connectivity index (χ2v) is 2.81. The van der Waals surface area contributed by atoms with E-state index in [2.05, 4.69) is 9.97 Å².